The summed E-state index contributed by atoms with van der Waals surface area (Å²) in [6, 6.07) is 16.6. The van der Waals surface area contributed by atoms with Crippen LogP contribution in [0.5, 0.6) is 5.75 Å². The third-order valence-electron chi connectivity index (χ3n) is 4.34. The van der Waals surface area contributed by atoms with E-state index in [0.29, 0.717) is 25.2 Å². The Labute approximate surface area is 151 Å². The van der Waals surface area contributed by atoms with Gasteiger partial charge in [-0.25, -0.2) is 0 Å². The van der Waals surface area contributed by atoms with Crippen LogP contribution >= 0.6 is 0 Å². The fourth-order valence-electron chi connectivity index (χ4n) is 2.93. The maximum Gasteiger partial charge on any atom is 0.305 e. The van der Waals surface area contributed by atoms with Gasteiger partial charge in [0.2, 0.25) is 0 Å². The van der Waals surface area contributed by atoms with E-state index < -0.39 is 11.5 Å². The van der Waals surface area contributed by atoms with Crippen molar-refractivity contribution in [3.8, 4) is 5.75 Å². The lowest BCUT2D eigenvalue weighted by Crippen LogP contribution is -2.50. The average molecular weight is 355 g/mol. The normalized spacial score (nSPS) is 19.1. The fraction of sp³-hybridized carbons (Fsp3) is 0.300. The summed E-state index contributed by atoms with van der Waals surface area (Å²) in [6.45, 7) is 1.07. The van der Waals surface area contributed by atoms with Crippen molar-refractivity contribution in [3.05, 3.63) is 65.7 Å². The van der Waals surface area contributed by atoms with Gasteiger partial charge in [0.1, 0.15) is 12.4 Å². The molecule has 26 heavy (non-hydrogen) atoms. The molecule has 1 aliphatic heterocycles. The molecule has 1 aliphatic rings. The van der Waals surface area contributed by atoms with Gasteiger partial charge in [0.05, 0.1) is 18.6 Å². The van der Waals surface area contributed by atoms with Crippen molar-refractivity contribution in [2.75, 3.05) is 13.2 Å². The van der Waals surface area contributed by atoms with E-state index in [0.717, 1.165) is 11.3 Å². The summed E-state index contributed by atoms with van der Waals surface area (Å²) in [4.78, 5) is 23.6. The molecule has 2 N–H and O–H groups in total. The first-order chi connectivity index (χ1) is 12.6. The Balaban J connectivity index is 1.60. The SMILES string of the molecule is O=C(O)CC1(NC(=O)c2ccc(COc3ccccc3)cc2)CCOC1. The van der Waals surface area contributed by atoms with Crippen molar-refractivity contribution in [2.45, 2.75) is 25.0 Å². The van der Waals surface area contributed by atoms with Crippen molar-refractivity contribution >= 4 is 11.9 Å². The predicted molar refractivity (Wildman–Crippen MR) is 95.1 cm³/mol. The molecule has 0 aromatic heterocycles. The van der Waals surface area contributed by atoms with Gasteiger partial charge in [0.25, 0.3) is 5.91 Å². The molecular formula is C20H21NO5. The molecule has 2 aromatic rings. The summed E-state index contributed by atoms with van der Waals surface area (Å²) in [6.07, 6.45) is 0.343. The number of para-hydroxylation sites is 1. The monoisotopic (exact) mass is 355 g/mol. The Bertz CT molecular complexity index is 752. The van der Waals surface area contributed by atoms with Crippen LogP contribution in [0.2, 0.25) is 0 Å². The van der Waals surface area contributed by atoms with E-state index in [1.165, 1.54) is 0 Å². The summed E-state index contributed by atoms with van der Waals surface area (Å²) in [5.74, 6) is -0.470. The van der Waals surface area contributed by atoms with Crippen LogP contribution in [0, 0.1) is 0 Å². The number of amides is 1. The van der Waals surface area contributed by atoms with Crippen LogP contribution in [-0.4, -0.2) is 35.7 Å². The lowest BCUT2D eigenvalue weighted by molar-refractivity contribution is -0.138. The molecule has 1 saturated heterocycles. The number of carbonyl (C=O) groups excluding carboxylic acids is 1. The van der Waals surface area contributed by atoms with Gasteiger partial charge in [-0.15, -0.1) is 0 Å². The van der Waals surface area contributed by atoms with Gasteiger partial charge < -0.3 is 19.9 Å². The van der Waals surface area contributed by atoms with Crippen LogP contribution in [0.1, 0.15) is 28.8 Å². The van der Waals surface area contributed by atoms with Crippen LogP contribution < -0.4 is 10.1 Å². The van der Waals surface area contributed by atoms with E-state index in [-0.39, 0.29) is 18.9 Å². The number of carboxylic acids is 1. The fourth-order valence-corrected chi connectivity index (χ4v) is 2.93. The van der Waals surface area contributed by atoms with E-state index in [1.54, 1.807) is 12.1 Å². The Morgan fingerprint density at radius 1 is 1.12 bits per heavy atom. The number of ether oxygens (including phenoxy) is 2. The van der Waals surface area contributed by atoms with Gasteiger partial charge in [-0.2, -0.15) is 0 Å². The largest absolute Gasteiger partial charge is 0.489 e. The summed E-state index contributed by atoms with van der Waals surface area (Å²) in [5, 5.41) is 11.9. The summed E-state index contributed by atoms with van der Waals surface area (Å²) < 4.78 is 11.0. The Morgan fingerprint density at radius 3 is 2.46 bits per heavy atom. The molecule has 136 valence electrons. The predicted octanol–water partition coefficient (Wildman–Crippen LogP) is 2.63. The number of nitrogens with one attached hydrogen (secondary N) is 1. The molecule has 0 aliphatic carbocycles. The first-order valence-corrected chi connectivity index (χ1v) is 8.45. The van der Waals surface area contributed by atoms with Gasteiger partial charge in [-0.3, -0.25) is 9.59 Å². The van der Waals surface area contributed by atoms with Crippen molar-refractivity contribution in [3.63, 3.8) is 0 Å². The van der Waals surface area contributed by atoms with Crippen molar-refractivity contribution in [2.24, 2.45) is 0 Å². The molecule has 1 atom stereocenters. The average Bonchev–Trinajstić information content (AvgIpc) is 3.08. The van der Waals surface area contributed by atoms with Crippen molar-refractivity contribution in [1.29, 1.82) is 0 Å². The molecule has 3 rings (SSSR count). The van der Waals surface area contributed by atoms with E-state index in [1.807, 2.05) is 42.5 Å². The molecular weight excluding hydrogens is 334 g/mol. The molecule has 2 aromatic carbocycles. The first-order valence-electron chi connectivity index (χ1n) is 8.45. The van der Waals surface area contributed by atoms with Crippen LogP contribution in [-0.2, 0) is 16.1 Å². The van der Waals surface area contributed by atoms with Crippen molar-refractivity contribution < 1.29 is 24.2 Å². The molecule has 1 unspecified atom stereocenters. The van der Waals surface area contributed by atoms with E-state index >= 15 is 0 Å². The summed E-state index contributed by atoms with van der Waals surface area (Å²) >= 11 is 0. The Morgan fingerprint density at radius 2 is 1.85 bits per heavy atom. The summed E-state index contributed by atoms with van der Waals surface area (Å²) in [7, 11) is 0. The zero-order chi connectivity index (χ0) is 18.4. The van der Waals surface area contributed by atoms with Gasteiger partial charge in [0.15, 0.2) is 0 Å². The highest BCUT2D eigenvalue weighted by Gasteiger charge is 2.38. The highest BCUT2D eigenvalue weighted by molar-refractivity contribution is 5.95. The highest BCUT2D eigenvalue weighted by Crippen LogP contribution is 2.23. The van der Waals surface area contributed by atoms with Gasteiger partial charge in [-0.1, -0.05) is 30.3 Å². The number of hydrogen-bond acceptors (Lipinski definition) is 4. The molecule has 1 heterocycles. The Kier molecular flexibility index (Phi) is 5.53. The number of benzene rings is 2. The first kappa shape index (κ1) is 17.9. The topological polar surface area (TPSA) is 84.9 Å². The van der Waals surface area contributed by atoms with Crippen LogP contribution in [0.3, 0.4) is 0 Å². The lowest BCUT2D eigenvalue weighted by atomic mass is 9.93. The van der Waals surface area contributed by atoms with Crippen LogP contribution in [0.15, 0.2) is 54.6 Å². The molecule has 0 spiro atoms. The number of rotatable bonds is 7. The van der Waals surface area contributed by atoms with E-state index in [4.69, 9.17) is 14.6 Å². The van der Waals surface area contributed by atoms with Gasteiger partial charge in [0, 0.05) is 12.2 Å². The molecule has 1 fully saturated rings. The summed E-state index contributed by atoms with van der Waals surface area (Å²) in [5.41, 5.74) is 0.581. The zero-order valence-corrected chi connectivity index (χ0v) is 14.3. The number of aliphatic carboxylic acids is 1. The van der Waals surface area contributed by atoms with Crippen LogP contribution in [0.4, 0.5) is 0 Å². The maximum atomic E-state index is 12.5. The lowest BCUT2D eigenvalue weighted by Gasteiger charge is -2.27. The highest BCUT2D eigenvalue weighted by atomic mass is 16.5. The minimum Gasteiger partial charge on any atom is -0.489 e. The van der Waals surface area contributed by atoms with Gasteiger partial charge >= 0.3 is 5.97 Å². The quantitative estimate of drug-likeness (QED) is 0.797. The molecule has 1 amide bonds. The standard InChI is InChI=1S/C20H21NO5/c22-18(23)12-20(10-11-25-14-20)21-19(24)16-8-6-15(7-9-16)13-26-17-4-2-1-3-5-17/h1-9H,10-14H2,(H,21,24)(H,22,23). The third-order valence-corrected chi connectivity index (χ3v) is 4.34. The third kappa shape index (κ3) is 4.61. The number of carbonyl (C=O) groups is 2. The minimum atomic E-state index is -0.954. The van der Waals surface area contributed by atoms with Crippen LogP contribution in [0.25, 0.3) is 0 Å². The maximum absolute atomic E-state index is 12.5. The molecule has 0 bridgehead atoms. The number of hydrogen-bond donors (Lipinski definition) is 2. The van der Waals surface area contributed by atoms with Gasteiger partial charge in [-0.05, 0) is 36.2 Å². The van der Waals surface area contributed by atoms with E-state index in [9.17, 15) is 9.59 Å². The molecule has 6 nitrogen and oxygen atoms in total. The second kappa shape index (κ2) is 8.01. The molecule has 0 saturated carbocycles. The minimum absolute atomic E-state index is 0.151. The van der Waals surface area contributed by atoms with E-state index in [2.05, 4.69) is 5.32 Å². The zero-order valence-electron chi connectivity index (χ0n) is 14.3. The Hall–Kier alpha value is -2.86. The second-order valence-electron chi connectivity index (χ2n) is 6.41. The van der Waals surface area contributed by atoms with Crippen molar-refractivity contribution in [1.82, 2.24) is 5.32 Å². The second-order valence-corrected chi connectivity index (χ2v) is 6.41. The molecule has 0 radical (unpaired) electrons. The smallest absolute Gasteiger partial charge is 0.305 e. The number of carboxylic acid groups (broad SMARTS) is 1. The molecule has 6 heteroatoms.